The zero-order chi connectivity index (χ0) is 15.2. The molecule has 0 unspecified atom stereocenters. The second-order valence-electron chi connectivity index (χ2n) is 4.21. The number of rotatable bonds is 6. The van der Waals surface area contributed by atoms with Gasteiger partial charge < -0.3 is 5.32 Å². The molecule has 2 aromatic rings. The second kappa shape index (κ2) is 7.11. The summed E-state index contributed by atoms with van der Waals surface area (Å²) in [5.74, 6) is 0.440. The topological polar surface area (TPSA) is 114 Å². The molecule has 0 aliphatic carbocycles. The zero-order valence-electron chi connectivity index (χ0n) is 10.9. The summed E-state index contributed by atoms with van der Waals surface area (Å²) in [6.45, 7) is 0.457. The van der Waals surface area contributed by atoms with Crippen LogP contribution in [-0.4, -0.2) is 32.6 Å². The number of nitro groups is 1. The number of nitrogens with one attached hydrogen (secondary N) is 2. The fraction of sp³-hybridized carbons (Fsp3) is 0.250. The smallest absolute Gasteiger partial charge is 0.270 e. The third-order valence-electron chi connectivity index (χ3n) is 2.75. The highest BCUT2D eigenvalue weighted by Crippen LogP contribution is 2.19. The van der Waals surface area contributed by atoms with E-state index in [-0.39, 0.29) is 11.6 Å². The number of carbonyl (C=O) groups is 1. The number of nitrogens with zero attached hydrogens (tertiary/aromatic N) is 3. The molecule has 1 aromatic heterocycles. The van der Waals surface area contributed by atoms with Gasteiger partial charge in [-0.05, 0) is 35.1 Å². The largest absolute Gasteiger partial charge is 0.352 e. The van der Waals surface area contributed by atoms with Gasteiger partial charge in [-0.25, -0.2) is 4.98 Å². The minimum absolute atomic E-state index is 0.0952. The maximum atomic E-state index is 12.0. The number of aryl methyl sites for hydroxylation is 1. The molecular weight excluding hydrogens is 389 g/mol. The van der Waals surface area contributed by atoms with Gasteiger partial charge in [0.2, 0.25) is 0 Å². The van der Waals surface area contributed by atoms with Crippen LogP contribution in [0.15, 0.2) is 24.5 Å². The minimum atomic E-state index is -0.517. The highest BCUT2D eigenvalue weighted by molar-refractivity contribution is 14.1. The van der Waals surface area contributed by atoms with Crippen LogP contribution < -0.4 is 5.32 Å². The van der Waals surface area contributed by atoms with Gasteiger partial charge in [-0.1, -0.05) is 0 Å². The number of aromatic amines is 1. The number of hydrogen-bond acceptors (Lipinski definition) is 5. The van der Waals surface area contributed by atoms with Gasteiger partial charge in [-0.2, -0.15) is 5.10 Å². The monoisotopic (exact) mass is 401 g/mol. The molecule has 0 spiro atoms. The van der Waals surface area contributed by atoms with Crippen molar-refractivity contribution in [1.29, 1.82) is 0 Å². The first kappa shape index (κ1) is 15.4. The van der Waals surface area contributed by atoms with E-state index in [0.717, 1.165) is 5.82 Å². The van der Waals surface area contributed by atoms with Crippen molar-refractivity contribution in [2.24, 2.45) is 0 Å². The van der Waals surface area contributed by atoms with Gasteiger partial charge in [0.15, 0.2) is 0 Å². The third-order valence-corrected chi connectivity index (χ3v) is 3.69. The molecule has 110 valence electrons. The molecule has 1 aromatic carbocycles. The number of H-pyrrole nitrogens is 1. The van der Waals surface area contributed by atoms with Crippen LogP contribution in [0.2, 0.25) is 0 Å². The molecule has 0 atom stereocenters. The maximum Gasteiger partial charge on any atom is 0.270 e. The number of hydrogen-bond donors (Lipinski definition) is 2. The van der Waals surface area contributed by atoms with Crippen LogP contribution in [0.4, 0.5) is 5.69 Å². The molecule has 1 heterocycles. The molecule has 0 fully saturated rings. The van der Waals surface area contributed by atoms with E-state index >= 15 is 0 Å². The Balaban J connectivity index is 1.90. The van der Waals surface area contributed by atoms with Crippen LogP contribution >= 0.6 is 22.6 Å². The molecule has 0 saturated carbocycles. The summed E-state index contributed by atoms with van der Waals surface area (Å²) in [6, 6.07) is 4.22. The second-order valence-corrected chi connectivity index (χ2v) is 5.38. The van der Waals surface area contributed by atoms with E-state index < -0.39 is 4.92 Å². The lowest BCUT2D eigenvalue weighted by atomic mass is 10.2. The first-order chi connectivity index (χ1) is 10.1. The summed E-state index contributed by atoms with van der Waals surface area (Å²) < 4.78 is 0.672. The molecule has 0 aliphatic heterocycles. The first-order valence-electron chi connectivity index (χ1n) is 6.14. The van der Waals surface area contributed by atoms with Crippen molar-refractivity contribution in [3.63, 3.8) is 0 Å². The van der Waals surface area contributed by atoms with Crippen LogP contribution in [-0.2, 0) is 6.42 Å². The summed E-state index contributed by atoms with van der Waals surface area (Å²) in [6.07, 6.45) is 2.80. The summed E-state index contributed by atoms with van der Waals surface area (Å²) >= 11 is 1.98. The first-order valence-corrected chi connectivity index (χ1v) is 7.22. The predicted molar refractivity (Wildman–Crippen MR) is 82.9 cm³/mol. The number of amides is 1. The molecule has 1 amide bonds. The van der Waals surface area contributed by atoms with E-state index in [1.807, 2.05) is 22.6 Å². The van der Waals surface area contributed by atoms with Crippen molar-refractivity contribution in [1.82, 2.24) is 20.5 Å². The Bertz CT molecular complexity index is 644. The third kappa shape index (κ3) is 4.21. The molecule has 21 heavy (non-hydrogen) atoms. The van der Waals surface area contributed by atoms with Gasteiger partial charge in [-0.3, -0.25) is 20.0 Å². The van der Waals surface area contributed by atoms with Crippen LogP contribution in [0, 0.1) is 13.7 Å². The Kier molecular flexibility index (Phi) is 5.20. The molecule has 0 saturated heterocycles. The lowest BCUT2D eigenvalue weighted by Crippen LogP contribution is -2.25. The van der Waals surface area contributed by atoms with E-state index in [4.69, 9.17) is 0 Å². The summed E-state index contributed by atoms with van der Waals surface area (Å²) in [5.41, 5.74) is 0.215. The fourth-order valence-corrected chi connectivity index (χ4v) is 2.29. The molecule has 2 N–H and O–H groups in total. The fourth-order valence-electron chi connectivity index (χ4n) is 1.71. The highest BCUT2D eigenvalue weighted by atomic mass is 127. The van der Waals surface area contributed by atoms with E-state index in [2.05, 4.69) is 20.5 Å². The van der Waals surface area contributed by atoms with Crippen LogP contribution in [0.1, 0.15) is 22.6 Å². The van der Waals surface area contributed by atoms with Crippen LogP contribution in [0.5, 0.6) is 0 Å². The number of non-ortho nitro benzene ring substituents is 1. The molecule has 2 rings (SSSR count). The highest BCUT2D eigenvalue weighted by Gasteiger charge is 2.15. The van der Waals surface area contributed by atoms with Crippen LogP contribution in [0.3, 0.4) is 0 Å². The number of halogens is 1. The SMILES string of the molecule is O=C(NCCCc1ncn[nH]1)c1cc([N+](=O)[O-])ccc1I. The minimum Gasteiger partial charge on any atom is -0.352 e. The Morgan fingerprint density at radius 1 is 1.48 bits per heavy atom. The van der Waals surface area contributed by atoms with E-state index in [9.17, 15) is 14.9 Å². The molecule has 0 aliphatic rings. The lowest BCUT2D eigenvalue weighted by molar-refractivity contribution is -0.384. The van der Waals surface area contributed by atoms with E-state index in [1.165, 1.54) is 18.5 Å². The zero-order valence-corrected chi connectivity index (χ0v) is 13.0. The van der Waals surface area contributed by atoms with Crippen molar-refractivity contribution < 1.29 is 9.72 Å². The average Bonchev–Trinajstić information content (AvgIpc) is 2.96. The summed E-state index contributed by atoms with van der Waals surface area (Å²) in [4.78, 5) is 26.2. The average molecular weight is 401 g/mol. The normalized spacial score (nSPS) is 10.3. The van der Waals surface area contributed by atoms with Gasteiger partial charge >= 0.3 is 0 Å². The van der Waals surface area contributed by atoms with Crippen molar-refractivity contribution in [2.45, 2.75) is 12.8 Å². The van der Waals surface area contributed by atoms with Crippen molar-refractivity contribution >= 4 is 34.2 Å². The quantitative estimate of drug-likeness (QED) is 0.331. The number of benzene rings is 1. The van der Waals surface area contributed by atoms with Crippen molar-refractivity contribution in [2.75, 3.05) is 6.54 Å². The number of carbonyl (C=O) groups excluding carboxylic acids is 1. The standard InChI is InChI=1S/C12H12IN5O3/c13-10-4-3-8(18(20)21)6-9(10)12(19)14-5-1-2-11-15-7-16-17-11/h3-4,6-7H,1-2,5H2,(H,14,19)(H,15,16,17). The van der Waals surface area contributed by atoms with Gasteiger partial charge in [0, 0.05) is 28.7 Å². The Hall–Kier alpha value is -2.04. The number of aromatic nitrogens is 3. The Morgan fingerprint density at radius 2 is 2.29 bits per heavy atom. The summed E-state index contributed by atoms with van der Waals surface area (Å²) in [5, 5.41) is 19.9. The maximum absolute atomic E-state index is 12.0. The predicted octanol–water partition coefficient (Wildman–Crippen LogP) is 1.68. The molecule has 0 bridgehead atoms. The number of nitro benzene ring substituents is 1. The summed E-state index contributed by atoms with van der Waals surface area (Å²) in [7, 11) is 0. The molecule has 8 nitrogen and oxygen atoms in total. The van der Waals surface area contributed by atoms with Gasteiger partial charge in [0.05, 0.1) is 10.5 Å². The van der Waals surface area contributed by atoms with Crippen LogP contribution in [0.25, 0.3) is 0 Å². The molecule has 0 radical (unpaired) electrons. The van der Waals surface area contributed by atoms with E-state index in [1.54, 1.807) is 6.07 Å². The van der Waals surface area contributed by atoms with Crippen molar-refractivity contribution in [3.8, 4) is 0 Å². The van der Waals surface area contributed by atoms with Gasteiger partial charge in [0.1, 0.15) is 12.2 Å². The Morgan fingerprint density at radius 3 is 2.95 bits per heavy atom. The lowest BCUT2D eigenvalue weighted by Gasteiger charge is -2.06. The Labute approximate surface area is 133 Å². The van der Waals surface area contributed by atoms with Gasteiger partial charge in [-0.15, -0.1) is 0 Å². The van der Waals surface area contributed by atoms with Gasteiger partial charge in [0.25, 0.3) is 11.6 Å². The molecule has 9 heteroatoms. The molecular formula is C12H12IN5O3. The van der Waals surface area contributed by atoms with E-state index in [0.29, 0.717) is 28.5 Å². The van der Waals surface area contributed by atoms with Crippen molar-refractivity contribution in [3.05, 3.63) is 49.6 Å².